The molecule has 0 aliphatic rings. The Hall–Kier alpha value is -3.32. The molecule has 0 bridgehead atoms. The van der Waals surface area contributed by atoms with Crippen molar-refractivity contribution in [2.75, 3.05) is 6.54 Å². The summed E-state index contributed by atoms with van der Waals surface area (Å²) in [7, 11) is 0. The molecule has 3 heterocycles. The van der Waals surface area contributed by atoms with E-state index in [4.69, 9.17) is 0 Å². The highest BCUT2D eigenvalue weighted by Crippen LogP contribution is 2.21. The van der Waals surface area contributed by atoms with Crippen LogP contribution in [-0.2, 0) is 6.42 Å². The van der Waals surface area contributed by atoms with Crippen LogP contribution in [-0.4, -0.2) is 32.0 Å². The summed E-state index contributed by atoms with van der Waals surface area (Å²) in [6, 6.07) is 11.9. The van der Waals surface area contributed by atoms with Gasteiger partial charge in [-0.1, -0.05) is 24.3 Å². The summed E-state index contributed by atoms with van der Waals surface area (Å²) in [5.74, 6) is 0.601. The summed E-state index contributed by atoms with van der Waals surface area (Å²) in [6.45, 7) is 2.57. The Balaban J connectivity index is 1.30. The van der Waals surface area contributed by atoms with E-state index < -0.39 is 0 Å². The average molecular weight is 389 g/mol. The van der Waals surface area contributed by atoms with Gasteiger partial charge in [0, 0.05) is 36.1 Å². The van der Waals surface area contributed by atoms with Crippen molar-refractivity contribution < 1.29 is 4.79 Å². The van der Waals surface area contributed by atoms with Gasteiger partial charge in [-0.15, -0.1) is 11.3 Å². The van der Waals surface area contributed by atoms with Gasteiger partial charge >= 0.3 is 0 Å². The highest BCUT2D eigenvalue weighted by molar-refractivity contribution is 7.09. The van der Waals surface area contributed by atoms with Crippen LogP contribution in [0, 0.1) is 6.92 Å². The summed E-state index contributed by atoms with van der Waals surface area (Å²) in [5, 5.41) is 6.07. The molecule has 0 unspecified atom stereocenters. The van der Waals surface area contributed by atoms with E-state index in [1.165, 1.54) is 5.56 Å². The van der Waals surface area contributed by atoms with E-state index in [9.17, 15) is 4.79 Å². The highest BCUT2D eigenvalue weighted by atomic mass is 32.1. The molecule has 6 nitrogen and oxygen atoms in total. The Morgan fingerprint density at radius 1 is 1.18 bits per heavy atom. The molecular weight excluding hydrogens is 370 g/mol. The normalized spacial score (nSPS) is 10.8. The fourth-order valence-electron chi connectivity index (χ4n) is 2.83. The molecule has 0 radical (unpaired) electrons. The van der Waals surface area contributed by atoms with Crippen LogP contribution in [0.2, 0.25) is 0 Å². The lowest BCUT2D eigenvalue weighted by Gasteiger charge is -2.07. The molecule has 1 N–H and O–H groups in total. The van der Waals surface area contributed by atoms with Crippen molar-refractivity contribution in [2.45, 2.75) is 13.3 Å². The monoisotopic (exact) mass is 389 g/mol. The van der Waals surface area contributed by atoms with Gasteiger partial charge < -0.3 is 5.32 Å². The molecule has 0 aliphatic carbocycles. The fraction of sp³-hybridized carbons (Fsp3) is 0.143. The van der Waals surface area contributed by atoms with E-state index in [0.29, 0.717) is 12.1 Å². The van der Waals surface area contributed by atoms with E-state index >= 15 is 0 Å². The summed E-state index contributed by atoms with van der Waals surface area (Å²) >= 11 is 1.65. The molecule has 0 saturated carbocycles. The maximum Gasteiger partial charge on any atom is 0.252 e. The highest BCUT2D eigenvalue weighted by Gasteiger charge is 2.07. The fourth-order valence-corrected chi connectivity index (χ4v) is 3.45. The molecule has 7 heteroatoms. The molecule has 4 aromatic rings. The number of carbonyl (C=O) groups is 1. The number of thiazole rings is 1. The Morgan fingerprint density at radius 3 is 2.68 bits per heavy atom. The van der Waals surface area contributed by atoms with Crippen LogP contribution in [0.1, 0.15) is 20.9 Å². The van der Waals surface area contributed by atoms with Crippen molar-refractivity contribution in [3.05, 3.63) is 82.8 Å². The first kappa shape index (κ1) is 18.1. The largest absolute Gasteiger partial charge is 0.352 e. The molecular formula is C21H19N5OS. The van der Waals surface area contributed by atoms with Crippen LogP contribution >= 0.6 is 11.3 Å². The van der Waals surface area contributed by atoms with Crippen molar-refractivity contribution in [3.8, 4) is 17.1 Å². The predicted molar refractivity (Wildman–Crippen MR) is 110 cm³/mol. The lowest BCUT2D eigenvalue weighted by Crippen LogP contribution is -2.25. The third-order valence-corrected chi connectivity index (χ3v) is 5.12. The second-order valence-corrected chi connectivity index (χ2v) is 7.39. The number of imidazole rings is 1. The number of carbonyl (C=O) groups excluding carboxylic acids is 1. The zero-order valence-corrected chi connectivity index (χ0v) is 16.2. The van der Waals surface area contributed by atoms with Crippen LogP contribution in [0.3, 0.4) is 0 Å². The number of aryl methyl sites for hydroxylation is 1. The molecule has 0 atom stereocenters. The molecule has 0 saturated heterocycles. The molecule has 140 valence electrons. The van der Waals surface area contributed by atoms with Crippen LogP contribution < -0.4 is 5.32 Å². The van der Waals surface area contributed by atoms with Crippen molar-refractivity contribution in [3.63, 3.8) is 0 Å². The third kappa shape index (κ3) is 4.15. The van der Waals surface area contributed by atoms with Gasteiger partial charge in [0.05, 0.1) is 16.3 Å². The topological polar surface area (TPSA) is 72.7 Å². The van der Waals surface area contributed by atoms with Crippen LogP contribution in [0.15, 0.2) is 66.7 Å². The Bertz CT molecular complexity index is 1050. The zero-order valence-electron chi connectivity index (χ0n) is 15.4. The van der Waals surface area contributed by atoms with Gasteiger partial charge in [0.25, 0.3) is 5.91 Å². The lowest BCUT2D eigenvalue weighted by molar-refractivity contribution is 0.0954. The first-order valence-corrected chi connectivity index (χ1v) is 9.81. The van der Waals surface area contributed by atoms with Gasteiger partial charge in [0.15, 0.2) is 0 Å². The minimum absolute atomic E-state index is 0.126. The third-order valence-electron chi connectivity index (χ3n) is 4.35. The summed E-state index contributed by atoms with van der Waals surface area (Å²) < 4.78 is 1.79. The average Bonchev–Trinajstić information content (AvgIpc) is 3.41. The number of benzene rings is 1. The second kappa shape index (κ2) is 8.14. The lowest BCUT2D eigenvalue weighted by atomic mass is 10.1. The van der Waals surface area contributed by atoms with Crippen LogP contribution in [0.4, 0.5) is 0 Å². The SMILES string of the molecule is Cc1nc(-c2ccc(CCNC(=O)c3ccc(-n4ccnc4)nc3)cc2)cs1. The summed E-state index contributed by atoms with van der Waals surface area (Å²) in [5.41, 5.74) is 3.83. The van der Waals surface area contributed by atoms with E-state index in [1.54, 1.807) is 46.8 Å². The maximum atomic E-state index is 12.3. The Labute approximate surface area is 166 Å². The maximum absolute atomic E-state index is 12.3. The standard InChI is InChI=1S/C21H19N5OS/c1-15-25-19(13-28-15)17-4-2-16(3-5-17)8-9-23-21(27)18-6-7-20(24-12-18)26-11-10-22-14-26/h2-7,10-14H,8-9H2,1H3,(H,23,27). The van der Waals surface area contributed by atoms with Gasteiger partial charge in [0.1, 0.15) is 12.1 Å². The van der Waals surface area contributed by atoms with Gasteiger partial charge in [-0.2, -0.15) is 0 Å². The van der Waals surface area contributed by atoms with Crippen molar-refractivity contribution in [1.29, 1.82) is 0 Å². The molecule has 4 rings (SSSR count). The molecule has 0 spiro atoms. The van der Waals surface area contributed by atoms with Gasteiger partial charge in [-0.3, -0.25) is 9.36 Å². The van der Waals surface area contributed by atoms with E-state index in [-0.39, 0.29) is 5.91 Å². The molecule has 1 amide bonds. The number of hydrogen-bond donors (Lipinski definition) is 1. The van der Waals surface area contributed by atoms with Crippen molar-refractivity contribution >= 4 is 17.2 Å². The number of aromatic nitrogens is 4. The van der Waals surface area contributed by atoms with E-state index in [2.05, 4.69) is 49.9 Å². The number of hydrogen-bond acceptors (Lipinski definition) is 5. The Morgan fingerprint density at radius 2 is 2.04 bits per heavy atom. The number of nitrogens with one attached hydrogen (secondary N) is 1. The zero-order chi connectivity index (χ0) is 19.3. The number of pyridine rings is 1. The predicted octanol–water partition coefficient (Wildman–Crippen LogP) is 3.67. The Kier molecular flexibility index (Phi) is 5.25. The number of nitrogens with zero attached hydrogens (tertiary/aromatic N) is 4. The summed E-state index contributed by atoms with van der Waals surface area (Å²) in [4.78, 5) is 25.1. The van der Waals surface area contributed by atoms with Gasteiger partial charge in [-0.05, 0) is 31.0 Å². The van der Waals surface area contributed by atoms with Crippen molar-refractivity contribution in [1.82, 2.24) is 24.8 Å². The molecule has 0 aliphatic heterocycles. The molecule has 1 aromatic carbocycles. The number of amides is 1. The smallest absolute Gasteiger partial charge is 0.252 e. The van der Waals surface area contributed by atoms with E-state index in [0.717, 1.165) is 28.5 Å². The van der Waals surface area contributed by atoms with Crippen LogP contribution in [0.5, 0.6) is 0 Å². The molecule has 3 aromatic heterocycles. The van der Waals surface area contributed by atoms with E-state index in [1.807, 2.05) is 13.1 Å². The molecule has 0 fully saturated rings. The first-order chi connectivity index (χ1) is 13.7. The molecule has 28 heavy (non-hydrogen) atoms. The minimum atomic E-state index is -0.126. The van der Waals surface area contributed by atoms with Gasteiger partial charge in [0.2, 0.25) is 0 Å². The minimum Gasteiger partial charge on any atom is -0.352 e. The van der Waals surface area contributed by atoms with Gasteiger partial charge in [-0.25, -0.2) is 15.0 Å². The van der Waals surface area contributed by atoms with Crippen LogP contribution in [0.25, 0.3) is 17.1 Å². The first-order valence-electron chi connectivity index (χ1n) is 8.93. The van der Waals surface area contributed by atoms with Crippen molar-refractivity contribution in [2.24, 2.45) is 0 Å². The quantitative estimate of drug-likeness (QED) is 0.546. The number of rotatable bonds is 6. The summed E-state index contributed by atoms with van der Waals surface area (Å²) in [6.07, 6.45) is 7.51. The second-order valence-electron chi connectivity index (χ2n) is 6.33.